The fourth-order valence-electron chi connectivity index (χ4n) is 2.22. The third kappa shape index (κ3) is 2.82. The first-order chi connectivity index (χ1) is 9.52. The third-order valence-corrected chi connectivity index (χ3v) is 3.55. The van der Waals surface area contributed by atoms with Crippen molar-refractivity contribution < 1.29 is 9.53 Å². The average molecular weight is 269 g/mol. The second-order valence-electron chi connectivity index (χ2n) is 4.92. The summed E-state index contributed by atoms with van der Waals surface area (Å²) < 4.78 is 4.78. The number of carbonyl (C=O) groups excluding carboxylic acids is 1. The van der Waals surface area contributed by atoms with Crippen molar-refractivity contribution in [2.45, 2.75) is 20.3 Å². The molecule has 2 N–H and O–H groups in total. The van der Waals surface area contributed by atoms with Gasteiger partial charge in [0.15, 0.2) is 0 Å². The highest BCUT2D eigenvalue weighted by atomic mass is 16.5. The van der Waals surface area contributed by atoms with Gasteiger partial charge in [0.2, 0.25) is 0 Å². The van der Waals surface area contributed by atoms with Crippen molar-refractivity contribution >= 4 is 11.7 Å². The first-order valence-electron chi connectivity index (χ1n) is 6.54. The highest BCUT2D eigenvalue weighted by molar-refractivity contribution is 5.80. The van der Waals surface area contributed by atoms with E-state index in [9.17, 15) is 4.79 Å². The molecule has 3 nitrogen and oxygen atoms in total. The predicted molar refractivity (Wildman–Crippen MR) is 81.5 cm³/mol. The number of esters is 1. The molecule has 0 bridgehead atoms. The normalized spacial score (nSPS) is 10.3. The van der Waals surface area contributed by atoms with Crippen LogP contribution in [-0.4, -0.2) is 13.1 Å². The van der Waals surface area contributed by atoms with E-state index in [0.29, 0.717) is 5.69 Å². The van der Waals surface area contributed by atoms with Crippen molar-refractivity contribution in [2.75, 3.05) is 12.8 Å². The van der Waals surface area contributed by atoms with Gasteiger partial charge in [-0.05, 0) is 42.2 Å². The second kappa shape index (κ2) is 5.78. The van der Waals surface area contributed by atoms with Gasteiger partial charge in [0, 0.05) is 5.69 Å². The van der Waals surface area contributed by atoms with Gasteiger partial charge in [0.1, 0.15) is 0 Å². The molecule has 0 atom stereocenters. The molecular weight excluding hydrogens is 250 g/mol. The number of nitrogen functional groups attached to an aromatic ring is 1. The van der Waals surface area contributed by atoms with E-state index in [-0.39, 0.29) is 12.4 Å². The maximum absolute atomic E-state index is 11.6. The summed E-state index contributed by atoms with van der Waals surface area (Å²) in [6, 6.07) is 12.1. The second-order valence-corrected chi connectivity index (χ2v) is 4.92. The van der Waals surface area contributed by atoms with E-state index in [4.69, 9.17) is 10.5 Å². The molecule has 20 heavy (non-hydrogen) atoms. The molecule has 0 aliphatic heterocycles. The molecule has 2 rings (SSSR count). The zero-order valence-electron chi connectivity index (χ0n) is 12.1. The summed E-state index contributed by atoms with van der Waals surface area (Å²) in [5.41, 5.74) is 11.8. The number of nitrogens with two attached hydrogens (primary N) is 1. The van der Waals surface area contributed by atoms with Crippen LogP contribution in [0, 0.1) is 13.8 Å². The zero-order valence-corrected chi connectivity index (χ0v) is 12.1. The van der Waals surface area contributed by atoms with Gasteiger partial charge in [0.25, 0.3) is 0 Å². The van der Waals surface area contributed by atoms with Gasteiger partial charge in [-0.2, -0.15) is 0 Å². The van der Waals surface area contributed by atoms with E-state index in [1.54, 1.807) is 0 Å². The molecule has 3 heteroatoms. The Morgan fingerprint density at radius 3 is 2.35 bits per heavy atom. The number of hydrogen-bond donors (Lipinski definition) is 1. The topological polar surface area (TPSA) is 52.3 Å². The SMILES string of the molecule is COC(=O)Cc1c(-c2ccc(C)cc2)ccc(N)c1C. The molecule has 0 saturated heterocycles. The average Bonchev–Trinajstić information content (AvgIpc) is 2.45. The molecule has 2 aromatic rings. The molecule has 0 fully saturated rings. The van der Waals surface area contributed by atoms with Crippen LogP contribution in [0.25, 0.3) is 11.1 Å². The van der Waals surface area contributed by atoms with Crippen molar-refractivity contribution in [1.82, 2.24) is 0 Å². The Bertz CT molecular complexity index is 630. The monoisotopic (exact) mass is 269 g/mol. The van der Waals surface area contributed by atoms with Crippen molar-refractivity contribution in [3.05, 3.63) is 53.1 Å². The Labute approximate surface area is 119 Å². The number of anilines is 1. The van der Waals surface area contributed by atoms with Crippen LogP contribution in [0.15, 0.2) is 36.4 Å². The van der Waals surface area contributed by atoms with E-state index in [2.05, 4.69) is 24.3 Å². The summed E-state index contributed by atoms with van der Waals surface area (Å²) in [5, 5.41) is 0. The minimum atomic E-state index is -0.257. The summed E-state index contributed by atoms with van der Waals surface area (Å²) in [4.78, 5) is 11.6. The van der Waals surface area contributed by atoms with Crippen LogP contribution in [0.3, 0.4) is 0 Å². The minimum Gasteiger partial charge on any atom is -0.469 e. The minimum absolute atomic E-state index is 0.233. The summed E-state index contributed by atoms with van der Waals surface area (Å²) in [6.07, 6.45) is 0.233. The standard InChI is InChI=1S/C17H19NO2/c1-11-4-6-13(7-5-11)14-8-9-16(18)12(2)15(14)10-17(19)20-3/h4-9H,10,18H2,1-3H3. The molecule has 2 aromatic carbocycles. The largest absolute Gasteiger partial charge is 0.469 e. The van der Waals surface area contributed by atoms with E-state index in [0.717, 1.165) is 22.3 Å². The van der Waals surface area contributed by atoms with E-state index in [1.165, 1.54) is 12.7 Å². The fourth-order valence-corrected chi connectivity index (χ4v) is 2.22. The van der Waals surface area contributed by atoms with Crippen molar-refractivity contribution in [3.63, 3.8) is 0 Å². The molecule has 0 spiro atoms. The van der Waals surface area contributed by atoms with Crippen LogP contribution in [0.5, 0.6) is 0 Å². The summed E-state index contributed by atoms with van der Waals surface area (Å²) >= 11 is 0. The van der Waals surface area contributed by atoms with Crippen molar-refractivity contribution in [1.29, 1.82) is 0 Å². The Morgan fingerprint density at radius 2 is 1.75 bits per heavy atom. The van der Waals surface area contributed by atoms with E-state index >= 15 is 0 Å². The molecule has 0 amide bonds. The maximum Gasteiger partial charge on any atom is 0.310 e. The summed E-state index contributed by atoms with van der Waals surface area (Å²) in [7, 11) is 1.40. The van der Waals surface area contributed by atoms with Crippen LogP contribution in [0.4, 0.5) is 5.69 Å². The predicted octanol–water partition coefficient (Wildman–Crippen LogP) is 3.27. The Morgan fingerprint density at radius 1 is 1.10 bits per heavy atom. The van der Waals surface area contributed by atoms with Gasteiger partial charge in [-0.3, -0.25) is 4.79 Å². The van der Waals surface area contributed by atoms with Gasteiger partial charge in [-0.15, -0.1) is 0 Å². The molecule has 0 aliphatic rings. The molecule has 0 unspecified atom stereocenters. The molecule has 0 aromatic heterocycles. The van der Waals surface area contributed by atoms with Crippen LogP contribution >= 0.6 is 0 Å². The smallest absolute Gasteiger partial charge is 0.310 e. The van der Waals surface area contributed by atoms with Crippen LogP contribution in [0.2, 0.25) is 0 Å². The van der Waals surface area contributed by atoms with Gasteiger partial charge >= 0.3 is 5.97 Å². The molecular formula is C17H19NO2. The lowest BCUT2D eigenvalue weighted by Crippen LogP contribution is -2.08. The molecule has 104 valence electrons. The highest BCUT2D eigenvalue weighted by Gasteiger charge is 2.14. The van der Waals surface area contributed by atoms with Crippen LogP contribution < -0.4 is 5.73 Å². The van der Waals surface area contributed by atoms with E-state index < -0.39 is 0 Å². The van der Waals surface area contributed by atoms with Crippen molar-refractivity contribution in [2.24, 2.45) is 0 Å². The Hall–Kier alpha value is -2.29. The lowest BCUT2D eigenvalue weighted by atomic mass is 9.92. The number of carbonyl (C=O) groups is 1. The highest BCUT2D eigenvalue weighted by Crippen LogP contribution is 2.30. The molecule has 0 radical (unpaired) electrons. The van der Waals surface area contributed by atoms with Crippen molar-refractivity contribution in [3.8, 4) is 11.1 Å². The lowest BCUT2D eigenvalue weighted by Gasteiger charge is -2.14. The zero-order chi connectivity index (χ0) is 14.7. The number of ether oxygens (including phenoxy) is 1. The summed E-state index contributed by atoms with van der Waals surface area (Å²) in [6.45, 7) is 3.98. The van der Waals surface area contributed by atoms with Gasteiger partial charge in [0.05, 0.1) is 13.5 Å². The first kappa shape index (κ1) is 14.1. The first-order valence-corrected chi connectivity index (χ1v) is 6.54. The van der Waals surface area contributed by atoms with Gasteiger partial charge < -0.3 is 10.5 Å². The quantitative estimate of drug-likeness (QED) is 0.687. The van der Waals surface area contributed by atoms with E-state index in [1.807, 2.05) is 26.0 Å². The molecule has 0 saturated carbocycles. The van der Waals surface area contributed by atoms with Gasteiger partial charge in [-0.1, -0.05) is 35.9 Å². The lowest BCUT2D eigenvalue weighted by molar-refractivity contribution is -0.139. The molecule has 0 heterocycles. The third-order valence-electron chi connectivity index (χ3n) is 3.55. The van der Waals surface area contributed by atoms with Crippen LogP contribution in [-0.2, 0) is 16.0 Å². The number of methoxy groups -OCH3 is 1. The van der Waals surface area contributed by atoms with Gasteiger partial charge in [-0.25, -0.2) is 0 Å². The molecule has 0 aliphatic carbocycles. The number of benzene rings is 2. The fraction of sp³-hybridized carbons (Fsp3) is 0.235. The summed E-state index contributed by atoms with van der Waals surface area (Å²) in [5.74, 6) is -0.257. The number of rotatable bonds is 3. The Balaban J connectivity index is 2.54. The number of hydrogen-bond acceptors (Lipinski definition) is 3. The number of aryl methyl sites for hydroxylation is 1. The Kier molecular flexibility index (Phi) is 4.08. The van der Waals surface area contributed by atoms with Crippen LogP contribution in [0.1, 0.15) is 16.7 Å². The maximum atomic E-state index is 11.6.